The zero-order valence-corrected chi connectivity index (χ0v) is 22.2. The lowest BCUT2D eigenvalue weighted by Gasteiger charge is -2.13. The number of hydrogen-bond donors (Lipinski definition) is 1. The molecule has 10 heteroatoms. The van der Waals surface area contributed by atoms with E-state index in [2.05, 4.69) is 44.1 Å². The summed E-state index contributed by atoms with van der Waals surface area (Å²) in [5.41, 5.74) is 5.43. The summed E-state index contributed by atoms with van der Waals surface area (Å²) in [5.74, 6) is 0.627. The Labute approximate surface area is 222 Å². The van der Waals surface area contributed by atoms with Crippen LogP contribution in [0.15, 0.2) is 55.0 Å². The van der Waals surface area contributed by atoms with E-state index in [0.717, 1.165) is 17.0 Å². The molecule has 0 saturated heterocycles. The number of halogens is 1. The van der Waals surface area contributed by atoms with Gasteiger partial charge in [0.15, 0.2) is 15.6 Å². The first-order valence-electron chi connectivity index (χ1n) is 11.5. The number of carbonyl (C=O) groups is 1. The zero-order valence-electron chi connectivity index (χ0n) is 20.6. The maximum atomic E-state index is 13.3. The van der Waals surface area contributed by atoms with Crippen LogP contribution in [-0.4, -0.2) is 37.9 Å². The minimum absolute atomic E-state index is 0.362. The summed E-state index contributed by atoms with van der Waals surface area (Å²) < 4.78 is 5.51. The van der Waals surface area contributed by atoms with Crippen molar-refractivity contribution in [2.24, 2.45) is 0 Å². The van der Waals surface area contributed by atoms with E-state index in [1.807, 2.05) is 31.3 Å². The lowest BCUT2D eigenvalue weighted by Crippen LogP contribution is -2.14. The van der Waals surface area contributed by atoms with E-state index >= 15 is 0 Å². The number of aryl methyl sites for hydroxylation is 1. The second-order valence-corrected chi connectivity index (χ2v) is 10.1. The van der Waals surface area contributed by atoms with E-state index in [0.29, 0.717) is 54.7 Å². The highest BCUT2D eigenvalue weighted by Crippen LogP contribution is 2.35. The van der Waals surface area contributed by atoms with Crippen LogP contribution in [0.25, 0.3) is 33.0 Å². The van der Waals surface area contributed by atoms with E-state index < -0.39 is 0 Å². The van der Waals surface area contributed by atoms with Crippen molar-refractivity contribution in [3.8, 4) is 28.3 Å². The van der Waals surface area contributed by atoms with Crippen LogP contribution in [0.5, 0.6) is 5.75 Å². The molecule has 0 radical (unpaired) electrons. The van der Waals surface area contributed by atoms with Crippen molar-refractivity contribution in [3.05, 3.63) is 76.8 Å². The summed E-state index contributed by atoms with van der Waals surface area (Å²) in [6.07, 6.45) is 5.03. The Morgan fingerprint density at radius 3 is 2.54 bits per heavy atom. The molecule has 5 rings (SSSR count). The molecule has 1 amide bonds. The molecule has 0 unspecified atom stereocenters. The Balaban J connectivity index is 1.45. The molecule has 0 bridgehead atoms. The number of aromatic nitrogens is 5. The highest BCUT2D eigenvalue weighted by Gasteiger charge is 2.19. The van der Waals surface area contributed by atoms with E-state index in [-0.39, 0.29) is 5.91 Å². The minimum Gasteiger partial charge on any atom is -0.496 e. The number of nitrogens with zero attached hydrogens (tertiary/aromatic N) is 5. The van der Waals surface area contributed by atoms with Crippen LogP contribution in [0.3, 0.4) is 0 Å². The van der Waals surface area contributed by atoms with Gasteiger partial charge in [-0.1, -0.05) is 42.9 Å². The van der Waals surface area contributed by atoms with Gasteiger partial charge in [0.1, 0.15) is 11.4 Å². The van der Waals surface area contributed by atoms with E-state index in [9.17, 15) is 4.79 Å². The molecule has 0 aliphatic rings. The Bertz CT molecular complexity index is 1620. The molecule has 1 N–H and O–H groups in total. The van der Waals surface area contributed by atoms with Crippen molar-refractivity contribution in [1.29, 1.82) is 0 Å². The fraction of sp³-hybridized carbons (Fsp3) is 0.185. The van der Waals surface area contributed by atoms with Gasteiger partial charge in [0, 0.05) is 34.2 Å². The summed E-state index contributed by atoms with van der Waals surface area (Å²) in [7, 11) is 1.57. The molecule has 1 aromatic carbocycles. The van der Waals surface area contributed by atoms with Gasteiger partial charge in [-0.2, -0.15) is 4.98 Å². The number of amides is 1. The topological polar surface area (TPSA) is 103 Å². The SMILES string of the molecule is COc1ccc(Cl)cc1-c1cc(C)ncc1C(=O)Nc1nc2ncc(-c3ccc(C(C)C)cn3)nc2s1. The maximum absolute atomic E-state index is 13.3. The second-order valence-electron chi connectivity index (χ2n) is 8.70. The predicted molar refractivity (Wildman–Crippen MR) is 146 cm³/mol. The summed E-state index contributed by atoms with van der Waals surface area (Å²) in [6, 6.07) is 11.1. The lowest BCUT2D eigenvalue weighted by atomic mass is 9.99. The number of pyridine rings is 2. The van der Waals surface area contributed by atoms with Gasteiger partial charge in [-0.3, -0.25) is 20.1 Å². The van der Waals surface area contributed by atoms with Crippen LogP contribution in [0.4, 0.5) is 5.13 Å². The van der Waals surface area contributed by atoms with E-state index in [1.165, 1.54) is 17.5 Å². The molecule has 186 valence electrons. The van der Waals surface area contributed by atoms with Crippen molar-refractivity contribution in [2.75, 3.05) is 12.4 Å². The first-order valence-corrected chi connectivity index (χ1v) is 12.7. The molecular formula is C27H23ClN6O2S. The summed E-state index contributed by atoms with van der Waals surface area (Å²) in [4.78, 5) is 36.3. The molecule has 5 aromatic rings. The van der Waals surface area contributed by atoms with Crippen LogP contribution in [-0.2, 0) is 0 Å². The minimum atomic E-state index is -0.366. The largest absolute Gasteiger partial charge is 0.496 e. The number of hydrogen-bond acceptors (Lipinski definition) is 8. The number of ether oxygens (including phenoxy) is 1. The standard InChI is InChI=1S/C27H23ClN6O2S/c1-14(2)16-5-7-21(30-11-16)22-13-31-24-26(32-22)37-27(33-24)34-25(35)20-12-29-15(3)9-18(20)19-10-17(28)6-8-23(19)36-4/h5-14H,1-4H3,(H,31,33,34,35). The molecule has 8 nitrogen and oxygen atoms in total. The normalized spacial score (nSPS) is 11.2. The monoisotopic (exact) mass is 530 g/mol. The summed E-state index contributed by atoms with van der Waals surface area (Å²) in [6.45, 7) is 6.10. The number of anilines is 1. The smallest absolute Gasteiger partial charge is 0.259 e. The molecule has 4 heterocycles. The van der Waals surface area contributed by atoms with E-state index in [1.54, 1.807) is 31.5 Å². The zero-order chi connectivity index (χ0) is 26.1. The van der Waals surface area contributed by atoms with Crippen LogP contribution in [0.2, 0.25) is 5.02 Å². The molecule has 0 aliphatic carbocycles. The van der Waals surface area contributed by atoms with Crippen molar-refractivity contribution >= 4 is 44.5 Å². The molecule has 0 fully saturated rings. The Morgan fingerprint density at radius 1 is 0.973 bits per heavy atom. The predicted octanol–water partition coefficient (Wildman–Crippen LogP) is 6.56. The average molecular weight is 531 g/mol. The van der Waals surface area contributed by atoms with Crippen LogP contribution < -0.4 is 10.1 Å². The molecule has 4 aromatic heterocycles. The van der Waals surface area contributed by atoms with Crippen molar-refractivity contribution < 1.29 is 9.53 Å². The number of benzene rings is 1. The van der Waals surface area contributed by atoms with E-state index in [4.69, 9.17) is 16.3 Å². The van der Waals surface area contributed by atoms with Crippen molar-refractivity contribution in [3.63, 3.8) is 0 Å². The molecular weight excluding hydrogens is 508 g/mol. The van der Waals surface area contributed by atoms with Crippen LogP contribution in [0, 0.1) is 6.92 Å². The highest BCUT2D eigenvalue weighted by molar-refractivity contribution is 7.21. The number of rotatable bonds is 6. The fourth-order valence-corrected chi connectivity index (χ4v) is 4.78. The molecule has 37 heavy (non-hydrogen) atoms. The molecule has 0 aliphatic heterocycles. The van der Waals surface area contributed by atoms with Gasteiger partial charge in [-0.15, -0.1) is 0 Å². The Kier molecular flexibility index (Phi) is 6.82. The Morgan fingerprint density at radius 2 is 1.81 bits per heavy atom. The Hall–Kier alpha value is -3.95. The van der Waals surface area contributed by atoms with Gasteiger partial charge >= 0.3 is 0 Å². The number of carbonyl (C=O) groups excluding carboxylic acids is 1. The maximum Gasteiger partial charge on any atom is 0.259 e. The fourth-order valence-electron chi connectivity index (χ4n) is 3.82. The number of fused-ring (bicyclic) bond motifs is 1. The second kappa shape index (κ2) is 10.2. The van der Waals surface area contributed by atoms with Gasteiger partial charge < -0.3 is 4.74 Å². The molecule has 0 saturated carbocycles. The number of thiazole rings is 1. The first kappa shape index (κ1) is 24.7. The quantitative estimate of drug-likeness (QED) is 0.265. The van der Waals surface area contributed by atoms with Gasteiger partial charge in [-0.25, -0.2) is 9.97 Å². The number of methoxy groups -OCH3 is 1. The highest BCUT2D eigenvalue weighted by atomic mass is 35.5. The molecule has 0 spiro atoms. The van der Waals surface area contributed by atoms with Crippen LogP contribution >= 0.6 is 22.9 Å². The third kappa shape index (κ3) is 5.14. The third-order valence-corrected chi connectivity index (χ3v) is 6.89. The van der Waals surface area contributed by atoms with Gasteiger partial charge in [-0.05, 0) is 48.7 Å². The number of nitrogens with one attached hydrogen (secondary N) is 1. The van der Waals surface area contributed by atoms with Crippen molar-refractivity contribution in [2.45, 2.75) is 26.7 Å². The van der Waals surface area contributed by atoms with Gasteiger partial charge in [0.25, 0.3) is 5.91 Å². The van der Waals surface area contributed by atoms with Gasteiger partial charge in [0.2, 0.25) is 0 Å². The summed E-state index contributed by atoms with van der Waals surface area (Å²) in [5, 5.41) is 3.78. The first-order chi connectivity index (χ1) is 17.8. The average Bonchev–Trinajstić information content (AvgIpc) is 3.30. The lowest BCUT2D eigenvalue weighted by molar-refractivity contribution is 0.102. The van der Waals surface area contributed by atoms with Gasteiger partial charge in [0.05, 0.1) is 24.6 Å². The summed E-state index contributed by atoms with van der Waals surface area (Å²) >= 11 is 7.49. The van der Waals surface area contributed by atoms with Crippen molar-refractivity contribution in [1.82, 2.24) is 24.9 Å². The van der Waals surface area contributed by atoms with Crippen LogP contribution in [0.1, 0.15) is 41.4 Å². The molecule has 0 atom stereocenters. The third-order valence-electron chi connectivity index (χ3n) is 5.80.